The molecule has 1 saturated heterocycles. The Balaban J connectivity index is 2.47. The number of aliphatic hydroxyl groups is 2. The van der Waals surface area contributed by atoms with Gasteiger partial charge in [0.2, 0.25) is 0 Å². The number of aliphatic hydroxyl groups excluding tert-OH is 2. The van der Waals surface area contributed by atoms with Crippen LogP contribution in [0.15, 0.2) is 27.0 Å². The zero-order valence-electron chi connectivity index (χ0n) is 9.88. The molecule has 11 heteroatoms. The number of nitrogens with one attached hydrogen (secondary N) is 1. The van der Waals surface area contributed by atoms with Gasteiger partial charge in [-0.3, -0.25) is 14.3 Å². The van der Waals surface area contributed by atoms with Crippen molar-refractivity contribution < 1.29 is 14.9 Å². The Morgan fingerprint density at radius 3 is 2.85 bits per heavy atom. The number of azide groups is 1. The van der Waals surface area contributed by atoms with Crippen molar-refractivity contribution in [3.05, 3.63) is 43.5 Å². The van der Waals surface area contributed by atoms with Crippen LogP contribution in [0.3, 0.4) is 0 Å². The number of H-pyrrole nitrogens is 1. The highest BCUT2D eigenvalue weighted by molar-refractivity contribution is 14.1. The van der Waals surface area contributed by atoms with Crippen LogP contribution in [0.5, 0.6) is 0 Å². The smallest absolute Gasteiger partial charge is 0.330 e. The fourth-order valence-electron chi connectivity index (χ4n) is 1.92. The maximum Gasteiger partial charge on any atom is 0.330 e. The number of nitrogens with zero attached hydrogens (tertiary/aromatic N) is 4. The quantitative estimate of drug-likeness (QED) is 0.202. The van der Waals surface area contributed by atoms with Crippen molar-refractivity contribution in [1.82, 2.24) is 9.55 Å². The summed E-state index contributed by atoms with van der Waals surface area (Å²) in [4.78, 5) is 27.3. The van der Waals surface area contributed by atoms with Crippen LogP contribution in [-0.2, 0) is 4.74 Å². The summed E-state index contributed by atoms with van der Waals surface area (Å²) >= 11 is 1.83. The molecule has 108 valence electrons. The Hall–Kier alpha value is -1.40. The first-order valence-electron chi connectivity index (χ1n) is 5.43. The minimum atomic E-state index is -1.67. The van der Waals surface area contributed by atoms with E-state index in [-0.39, 0.29) is 4.43 Å². The number of alkyl halides is 1. The highest BCUT2D eigenvalue weighted by Crippen LogP contribution is 2.38. The fraction of sp³-hybridized carbons (Fsp3) is 0.556. The maximum atomic E-state index is 11.7. The molecule has 1 aromatic rings. The fourth-order valence-corrected chi connectivity index (χ4v) is 2.70. The summed E-state index contributed by atoms with van der Waals surface area (Å²) in [6.45, 7) is 0. The molecule has 1 aliphatic rings. The van der Waals surface area contributed by atoms with E-state index in [2.05, 4.69) is 10.0 Å². The molecular weight excluding hydrogens is 385 g/mol. The normalized spacial score (nSPS) is 32.9. The van der Waals surface area contributed by atoms with Crippen LogP contribution in [0.25, 0.3) is 10.4 Å². The van der Waals surface area contributed by atoms with E-state index in [1.807, 2.05) is 27.6 Å². The summed E-state index contributed by atoms with van der Waals surface area (Å²) in [5, 5.41) is 23.4. The number of rotatable bonds is 3. The van der Waals surface area contributed by atoms with Gasteiger partial charge in [-0.2, -0.15) is 0 Å². The van der Waals surface area contributed by atoms with E-state index in [1.54, 1.807) is 0 Å². The Labute approximate surface area is 124 Å². The third-order valence-corrected chi connectivity index (χ3v) is 4.03. The summed E-state index contributed by atoms with van der Waals surface area (Å²) in [6.07, 6.45) is -3.13. The van der Waals surface area contributed by atoms with Gasteiger partial charge in [-0.1, -0.05) is 27.7 Å². The third kappa shape index (κ3) is 2.33. The summed E-state index contributed by atoms with van der Waals surface area (Å²) in [6, 6.07) is 1.07. The van der Waals surface area contributed by atoms with E-state index in [1.165, 1.54) is 0 Å². The van der Waals surface area contributed by atoms with Crippen molar-refractivity contribution in [1.29, 1.82) is 0 Å². The van der Waals surface area contributed by atoms with Gasteiger partial charge >= 0.3 is 5.69 Å². The summed E-state index contributed by atoms with van der Waals surface area (Å²) in [5.41, 5.74) is 5.46. The molecule has 0 radical (unpaired) electrons. The van der Waals surface area contributed by atoms with Crippen molar-refractivity contribution in [2.75, 3.05) is 4.43 Å². The number of ether oxygens (including phenoxy) is 1. The number of hydrogen-bond acceptors (Lipinski definition) is 6. The van der Waals surface area contributed by atoms with Crippen molar-refractivity contribution in [3.63, 3.8) is 0 Å². The van der Waals surface area contributed by atoms with Gasteiger partial charge in [-0.25, -0.2) is 4.79 Å². The SMILES string of the molecule is [N-]=[N+]=N[C@]1(CI)O[C@@H](n2ccc(=O)[nH]c2=O)[C@@H](O)[C@H]1O. The second-order valence-electron chi connectivity index (χ2n) is 4.13. The lowest BCUT2D eigenvalue weighted by atomic mass is 10.1. The Morgan fingerprint density at radius 1 is 1.60 bits per heavy atom. The molecule has 20 heavy (non-hydrogen) atoms. The zero-order valence-corrected chi connectivity index (χ0v) is 12.0. The van der Waals surface area contributed by atoms with E-state index in [0.29, 0.717) is 0 Å². The monoisotopic (exact) mass is 395 g/mol. The van der Waals surface area contributed by atoms with E-state index in [4.69, 9.17) is 10.3 Å². The van der Waals surface area contributed by atoms with Gasteiger partial charge in [0.05, 0.1) is 0 Å². The predicted octanol–water partition coefficient (Wildman–Crippen LogP) is -0.771. The first-order chi connectivity index (χ1) is 9.45. The van der Waals surface area contributed by atoms with Crippen molar-refractivity contribution in [3.8, 4) is 0 Å². The molecule has 1 fully saturated rings. The molecule has 0 bridgehead atoms. The van der Waals surface area contributed by atoms with Crippen LogP contribution < -0.4 is 11.2 Å². The number of hydrogen-bond donors (Lipinski definition) is 3. The zero-order chi connectivity index (χ0) is 14.9. The Kier molecular flexibility index (Phi) is 4.15. The molecule has 10 nitrogen and oxygen atoms in total. The van der Waals surface area contributed by atoms with Crippen LogP contribution >= 0.6 is 22.6 Å². The summed E-state index contributed by atoms with van der Waals surface area (Å²) < 4.78 is 6.37. The van der Waals surface area contributed by atoms with Gasteiger partial charge < -0.3 is 14.9 Å². The van der Waals surface area contributed by atoms with E-state index < -0.39 is 35.4 Å². The van der Waals surface area contributed by atoms with Crippen molar-refractivity contribution in [2.24, 2.45) is 5.11 Å². The standard InChI is InChI=1S/C9H10IN5O5/c10-3-9(13-14-11)6(18)5(17)7(20-9)15-2-1-4(16)12-8(15)19/h1-2,5-7,17-18H,3H2,(H,12,16,19)/t5-,6+,7+,9+/m0/s1. The molecule has 0 aromatic carbocycles. The largest absolute Gasteiger partial charge is 0.387 e. The van der Waals surface area contributed by atoms with E-state index >= 15 is 0 Å². The van der Waals surface area contributed by atoms with Crippen LogP contribution in [0.1, 0.15) is 6.23 Å². The van der Waals surface area contributed by atoms with Gasteiger partial charge in [0.1, 0.15) is 12.2 Å². The van der Waals surface area contributed by atoms with Crippen LogP contribution in [-0.4, -0.2) is 42.1 Å². The molecule has 1 aromatic heterocycles. The summed E-state index contributed by atoms with van der Waals surface area (Å²) in [7, 11) is 0. The van der Waals surface area contributed by atoms with Gasteiger partial charge in [0.15, 0.2) is 12.0 Å². The Bertz CT molecular complexity index is 667. The van der Waals surface area contributed by atoms with Crippen molar-refractivity contribution in [2.45, 2.75) is 24.2 Å². The highest BCUT2D eigenvalue weighted by atomic mass is 127. The third-order valence-electron chi connectivity index (χ3n) is 2.93. The van der Waals surface area contributed by atoms with Crippen LogP contribution in [0.4, 0.5) is 0 Å². The molecule has 2 rings (SSSR count). The minimum absolute atomic E-state index is 0.0711. The lowest BCUT2D eigenvalue weighted by molar-refractivity contribution is -0.0854. The first-order valence-corrected chi connectivity index (χ1v) is 6.95. The van der Waals surface area contributed by atoms with Gasteiger partial charge in [-0.05, 0) is 5.53 Å². The topological polar surface area (TPSA) is 153 Å². The predicted molar refractivity (Wildman–Crippen MR) is 74.2 cm³/mol. The molecule has 2 heterocycles. The molecule has 3 N–H and O–H groups in total. The molecule has 4 atom stereocenters. The maximum absolute atomic E-state index is 11.7. The average Bonchev–Trinajstić information content (AvgIpc) is 2.65. The second kappa shape index (κ2) is 5.54. The first kappa shape index (κ1) is 15.0. The minimum Gasteiger partial charge on any atom is -0.387 e. The highest BCUT2D eigenvalue weighted by Gasteiger charge is 2.54. The summed E-state index contributed by atoms with van der Waals surface area (Å²) in [5.74, 6) is 0. The molecular formula is C9H10IN5O5. The van der Waals surface area contributed by atoms with E-state index in [0.717, 1.165) is 16.8 Å². The van der Waals surface area contributed by atoms with Crippen LogP contribution in [0, 0.1) is 0 Å². The van der Waals surface area contributed by atoms with Crippen LogP contribution in [0.2, 0.25) is 0 Å². The Morgan fingerprint density at radius 2 is 2.30 bits per heavy atom. The van der Waals surface area contributed by atoms with Crippen molar-refractivity contribution >= 4 is 22.6 Å². The number of aromatic nitrogens is 2. The van der Waals surface area contributed by atoms with Gasteiger partial charge in [0, 0.05) is 21.6 Å². The molecule has 0 aliphatic carbocycles. The molecule has 0 spiro atoms. The second-order valence-corrected chi connectivity index (χ2v) is 4.89. The number of halogens is 1. The average molecular weight is 395 g/mol. The lowest BCUT2D eigenvalue weighted by Crippen LogP contribution is -2.42. The molecule has 0 saturated carbocycles. The van der Waals surface area contributed by atoms with Gasteiger partial charge in [0.25, 0.3) is 5.56 Å². The van der Waals surface area contributed by atoms with Gasteiger partial charge in [-0.15, -0.1) is 0 Å². The molecule has 0 unspecified atom stereocenters. The molecule has 1 aliphatic heterocycles. The lowest BCUT2D eigenvalue weighted by Gasteiger charge is -2.23. The number of aromatic amines is 1. The van der Waals surface area contributed by atoms with E-state index in [9.17, 15) is 19.8 Å². The molecule has 0 amide bonds.